The summed E-state index contributed by atoms with van der Waals surface area (Å²) in [5.41, 5.74) is 1.51. The molecule has 4 heteroatoms. The van der Waals surface area contributed by atoms with Crippen molar-refractivity contribution >= 4 is 5.97 Å². The van der Waals surface area contributed by atoms with E-state index in [4.69, 9.17) is 4.74 Å². The molecule has 1 aliphatic rings. The minimum atomic E-state index is -0.968. The van der Waals surface area contributed by atoms with Gasteiger partial charge in [-0.05, 0) is 61.9 Å². The molecule has 0 amide bonds. The number of likely N-dealkylation sites (N-methyl/N-ethyl adjacent to an activating group) is 1. The number of rotatable bonds is 7. The van der Waals surface area contributed by atoms with Crippen LogP contribution in [-0.2, 0) is 4.79 Å². The van der Waals surface area contributed by atoms with Crippen molar-refractivity contribution in [1.82, 2.24) is 5.32 Å². The van der Waals surface area contributed by atoms with Gasteiger partial charge in [0.15, 0.2) is 5.54 Å². The lowest BCUT2D eigenvalue weighted by atomic mass is 9.94. The number of ether oxygens (including phenoxy) is 1. The van der Waals surface area contributed by atoms with Gasteiger partial charge in [-0.2, -0.15) is 0 Å². The van der Waals surface area contributed by atoms with Gasteiger partial charge < -0.3 is 15.2 Å². The summed E-state index contributed by atoms with van der Waals surface area (Å²) in [6.45, 7) is 6.54. The Morgan fingerprint density at radius 1 is 1.48 bits per heavy atom. The summed E-state index contributed by atoms with van der Waals surface area (Å²) in [6.07, 6.45) is 1.89. The van der Waals surface area contributed by atoms with E-state index in [0.29, 0.717) is 5.92 Å². The van der Waals surface area contributed by atoms with Crippen LogP contribution in [0.25, 0.3) is 0 Å². The molecule has 0 aromatic heterocycles. The second kappa shape index (κ2) is 6.06. The van der Waals surface area contributed by atoms with Gasteiger partial charge in [0.1, 0.15) is 12.4 Å². The maximum atomic E-state index is 11.6. The van der Waals surface area contributed by atoms with Gasteiger partial charge >= 0.3 is 5.97 Å². The minimum absolute atomic E-state index is 0.157. The Hall–Kier alpha value is -1.55. The molecule has 2 N–H and O–H groups in total. The predicted molar refractivity (Wildman–Crippen MR) is 82.9 cm³/mol. The first-order chi connectivity index (χ1) is 9.90. The monoisotopic (exact) mass is 291 g/mol. The summed E-state index contributed by atoms with van der Waals surface area (Å²) in [5.74, 6) is 0.540. The van der Waals surface area contributed by atoms with E-state index in [1.807, 2.05) is 12.1 Å². The fourth-order valence-corrected chi connectivity index (χ4v) is 2.90. The normalized spacial score (nSPS) is 17.6. The largest absolute Gasteiger partial charge is 0.491 e. The molecule has 2 rings (SSSR count). The maximum Gasteiger partial charge on any atom is 0.327 e. The van der Waals surface area contributed by atoms with Crippen LogP contribution in [0.2, 0.25) is 0 Å². The van der Waals surface area contributed by atoms with Crippen molar-refractivity contribution in [1.29, 1.82) is 0 Å². The third-order valence-corrected chi connectivity index (χ3v) is 4.43. The summed E-state index contributed by atoms with van der Waals surface area (Å²) in [6, 6.07) is 5.98. The molecule has 1 fully saturated rings. The molecule has 1 atom stereocenters. The van der Waals surface area contributed by atoms with E-state index in [9.17, 15) is 9.90 Å². The molecule has 1 unspecified atom stereocenters. The first-order valence-corrected chi connectivity index (χ1v) is 7.56. The van der Waals surface area contributed by atoms with Crippen molar-refractivity contribution in [2.75, 3.05) is 13.7 Å². The van der Waals surface area contributed by atoms with Gasteiger partial charge in [0.2, 0.25) is 0 Å². The molecule has 0 radical (unpaired) electrons. The highest BCUT2D eigenvalue weighted by Gasteiger charge is 2.51. The van der Waals surface area contributed by atoms with Gasteiger partial charge in [0.25, 0.3) is 0 Å². The summed E-state index contributed by atoms with van der Waals surface area (Å²) < 4.78 is 5.80. The zero-order valence-corrected chi connectivity index (χ0v) is 13.3. The van der Waals surface area contributed by atoms with Crippen LogP contribution in [0.5, 0.6) is 5.75 Å². The topological polar surface area (TPSA) is 58.6 Å². The lowest BCUT2D eigenvalue weighted by Crippen LogP contribution is -2.56. The summed E-state index contributed by atoms with van der Waals surface area (Å²) >= 11 is 0. The molecule has 0 bridgehead atoms. The Morgan fingerprint density at radius 2 is 2.14 bits per heavy atom. The second-order valence-electron chi connectivity index (χ2n) is 6.26. The fraction of sp³-hybridized carbons (Fsp3) is 0.588. The van der Waals surface area contributed by atoms with Crippen LogP contribution in [0, 0.1) is 12.8 Å². The summed E-state index contributed by atoms with van der Waals surface area (Å²) in [5, 5.41) is 12.5. The number of benzene rings is 1. The third-order valence-electron chi connectivity index (χ3n) is 4.43. The van der Waals surface area contributed by atoms with Gasteiger partial charge in [0.05, 0.1) is 0 Å². The smallest absolute Gasteiger partial charge is 0.327 e. The van der Waals surface area contributed by atoms with Gasteiger partial charge in [-0.15, -0.1) is 0 Å². The van der Waals surface area contributed by atoms with Crippen molar-refractivity contribution in [3.05, 3.63) is 29.3 Å². The number of nitrogens with one attached hydrogen (secondary N) is 1. The molecule has 4 nitrogen and oxygen atoms in total. The van der Waals surface area contributed by atoms with Gasteiger partial charge in [-0.3, -0.25) is 4.79 Å². The highest BCUT2D eigenvalue weighted by atomic mass is 16.5. The maximum absolute atomic E-state index is 11.6. The lowest BCUT2D eigenvalue weighted by Gasteiger charge is -2.29. The Balaban J connectivity index is 2.11. The molecule has 21 heavy (non-hydrogen) atoms. The SMILES string of the molecule is CNC(COc1ccc(C(C)C)c(C)c1)(C(=O)O)C1CC1. The number of aryl methyl sites for hydroxylation is 1. The number of carboxylic acids is 1. The van der Waals surface area contributed by atoms with Crippen LogP contribution < -0.4 is 10.1 Å². The molecule has 0 saturated heterocycles. The van der Waals surface area contributed by atoms with Crippen molar-refractivity contribution in [2.24, 2.45) is 5.92 Å². The first kappa shape index (κ1) is 15.8. The third kappa shape index (κ3) is 3.21. The quantitative estimate of drug-likeness (QED) is 0.811. The molecule has 1 saturated carbocycles. The molecular weight excluding hydrogens is 266 g/mol. The van der Waals surface area contributed by atoms with Gasteiger partial charge in [-0.25, -0.2) is 0 Å². The van der Waals surface area contributed by atoms with Crippen LogP contribution in [0.1, 0.15) is 43.7 Å². The van der Waals surface area contributed by atoms with Crippen molar-refractivity contribution < 1.29 is 14.6 Å². The van der Waals surface area contributed by atoms with E-state index in [1.54, 1.807) is 7.05 Å². The van der Waals surface area contributed by atoms with Gasteiger partial charge in [0, 0.05) is 0 Å². The minimum Gasteiger partial charge on any atom is -0.491 e. The number of hydrogen-bond acceptors (Lipinski definition) is 3. The molecule has 0 heterocycles. The Morgan fingerprint density at radius 3 is 2.57 bits per heavy atom. The molecule has 0 aliphatic heterocycles. The highest BCUT2D eigenvalue weighted by Crippen LogP contribution is 2.40. The van der Waals surface area contributed by atoms with Crippen LogP contribution >= 0.6 is 0 Å². The molecular formula is C17H25NO3. The average molecular weight is 291 g/mol. The molecule has 1 aromatic carbocycles. The molecule has 0 spiro atoms. The Kier molecular flexibility index (Phi) is 4.57. The Labute approximate surface area is 126 Å². The zero-order chi connectivity index (χ0) is 15.6. The summed E-state index contributed by atoms with van der Waals surface area (Å²) in [4.78, 5) is 11.6. The number of carboxylic acid groups (broad SMARTS) is 1. The molecule has 1 aromatic rings. The average Bonchev–Trinajstić information content (AvgIpc) is 3.24. The lowest BCUT2D eigenvalue weighted by molar-refractivity contribution is -0.147. The van der Waals surface area contributed by atoms with Gasteiger partial charge in [-0.1, -0.05) is 19.9 Å². The zero-order valence-electron chi connectivity index (χ0n) is 13.3. The fourth-order valence-electron chi connectivity index (χ4n) is 2.90. The van der Waals surface area contributed by atoms with Crippen LogP contribution in [0.15, 0.2) is 18.2 Å². The van der Waals surface area contributed by atoms with Crippen LogP contribution in [-0.4, -0.2) is 30.3 Å². The molecule has 116 valence electrons. The highest BCUT2D eigenvalue weighted by molar-refractivity contribution is 5.80. The van der Waals surface area contributed by atoms with E-state index in [0.717, 1.165) is 18.6 Å². The van der Waals surface area contributed by atoms with Crippen molar-refractivity contribution in [3.63, 3.8) is 0 Å². The van der Waals surface area contributed by atoms with Crippen molar-refractivity contribution in [3.8, 4) is 5.75 Å². The van der Waals surface area contributed by atoms with Crippen LogP contribution in [0.4, 0.5) is 0 Å². The van der Waals surface area contributed by atoms with E-state index in [-0.39, 0.29) is 12.5 Å². The standard InChI is InChI=1S/C17H25NO3/c1-11(2)15-8-7-14(9-12(15)3)21-10-17(18-4,16(19)20)13-5-6-13/h7-9,11,13,18H,5-6,10H2,1-4H3,(H,19,20). The first-order valence-electron chi connectivity index (χ1n) is 7.56. The number of hydrogen-bond donors (Lipinski definition) is 2. The van der Waals surface area contributed by atoms with E-state index in [2.05, 4.69) is 32.2 Å². The van der Waals surface area contributed by atoms with Crippen LogP contribution in [0.3, 0.4) is 0 Å². The molecule has 1 aliphatic carbocycles. The van der Waals surface area contributed by atoms with E-state index < -0.39 is 11.5 Å². The number of aliphatic carboxylic acids is 1. The van der Waals surface area contributed by atoms with E-state index >= 15 is 0 Å². The van der Waals surface area contributed by atoms with E-state index in [1.165, 1.54) is 11.1 Å². The summed E-state index contributed by atoms with van der Waals surface area (Å²) in [7, 11) is 1.70. The predicted octanol–water partition coefficient (Wildman–Crippen LogP) is 2.95. The van der Waals surface area contributed by atoms with Crippen molar-refractivity contribution in [2.45, 2.75) is 45.1 Å². The second-order valence-corrected chi connectivity index (χ2v) is 6.26. The Bertz CT molecular complexity index is 523. The number of carbonyl (C=O) groups is 1.